The highest BCUT2D eigenvalue weighted by atomic mass is 35.5. The van der Waals surface area contributed by atoms with Crippen LogP contribution in [0.1, 0.15) is 55.9 Å². The van der Waals surface area contributed by atoms with Gasteiger partial charge in [-0.3, -0.25) is 4.79 Å². The second kappa shape index (κ2) is 10.5. The second-order valence-corrected chi connectivity index (χ2v) is 5.04. The fraction of sp³-hybridized carbons (Fsp3) is 0.933. The van der Waals surface area contributed by atoms with Gasteiger partial charge in [0.25, 0.3) is 0 Å². The molecule has 3 aliphatic rings. The number of fused-ring (bicyclic) bond motifs is 1. The van der Waals surface area contributed by atoms with Gasteiger partial charge >= 0.3 is 5.97 Å². The molecule has 2 aliphatic heterocycles. The van der Waals surface area contributed by atoms with Crippen LogP contribution in [0.3, 0.4) is 0 Å². The molecule has 2 heterocycles. The predicted octanol–water partition coefficient (Wildman–Crippen LogP) is 4.52. The van der Waals surface area contributed by atoms with Crippen LogP contribution in [0.25, 0.3) is 0 Å². The van der Waals surface area contributed by atoms with E-state index < -0.39 is 0 Å². The first-order chi connectivity index (χ1) is 7.58. The molecule has 3 nitrogen and oxygen atoms in total. The molecule has 3 rings (SSSR count). The zero-order chi connectivity index (χ0) is 12.2. The standard InChI is InChI=1S/C6H8O2.C3H5ClO.C3H8.3CH4/c1-6-2-4(6)3-8-5(6)7;4-1-3-2-5-3;1-3-2;;;/h4H,2-3H2,1H3;3H,1-2H2;3H2,1-2H3;3*1H4/t4-,6-;;;;;/m1...../s1. The Morgan fingerprint density at radius 1 is 1.26 bits per heavy atom. The van der Waals surface area contributed by atoms with E-state index >= 15 is 0 Å². The molecule has 0 aromatic rings. The predicted molar refractivity (Wildman–Crippen MR) is 83.8 cm³/mol. The Kier molecular flexibility index (Phi) is 13.1. The fourth-order valence-corrected chi connectivity index (χ4v) is 1.62. The highest BCUT2D eigenvalue weighted by Gasteiger charge is 2.62. The lowest BCUT2D eigenvalue weighted by Gasteiger charge is -1.96. The Hall–Kier alpha value is -0.280. The minimum atomic E-state index is -0.0417. The van der Waals surface area contributed by atoms with E-state index in [1.165, 1.54) is 6.42 Å². The number of ether oxygens (including phenoxy) is 2. The van der Waals surface area contributed by atoms with E-state index in [9.17, 15) is 4.79 Å². The van der Waals surface area contributed by atoms with Gasteiger partial charge in [0.1, 0.15) is 0 Å². The normalized spacial score (nSPS) is 31.3. The molecule has 3 fully saturated rings. The molecule has 118 valence electrons. The van der Waals surface area contributed by atoms with E-state index in [0.29, 0.717) is 24.5 Å². The maximum Gasteiger partial charge on any atom is 0.312 e. The highest BCUT2D eigenvalue weighted by Crippen LogP contribution is 2.57. The smallest absolute Gasteiger partial charge is 0.312 e. The minimum absolute atomic E-state index is 0. The number of alkyl halides is 1. The first-order valence-corrected chi connectivity index (χ1v) is 6.46. The number of halogens is 1. The van der Waals surface area contributed by atoms with Gasteiger partial charge in [0.15, 0.2) is 0 Å². The molecule has 1 unspecified atom stereocenters. The van der Waals surface area contributed by atoms with Gasteiger partial charge in [0.05, 0.1) is 30.6 Å². The summed E-state index contributed by atoms with van der Waals surface area (Å²) in [4.78, 5) is 10.7. The third-order valence-corrected chi connectivity index (χ3v) is 3.21. The van der Waals surface area contributed by atoms with Crippen LogP contribution in [0.15, 0.2) is 0 Å². The Bertz CT molecular complexity index is 240. The number of carbonyl (C=O) groups excluding carboxylic acids is 1. The van der Waals surface area contributed by atoms with Crippen molar-refractivity contribution in [3.05, 3.63) is 0 Å². The highest BCUT2D eigenvalue weighted by molar-refractivity contribution is 6.18. The van der Waals surface area contributed by atoms with Crippen LogP contribution in [0, 0.1) is 11.3 Å². The van der Waals surface area contributed by atoms with Gasteiger partial charge < -0.3 is 9.47 Å². The zero-order valence-corrected chi connectivity index (χ0v) is 11.0. The summed E-state index contributed by atoms with van der Waals surface area (Å²) >= 11 is 5.27. The van der Waals surface area contributed by atoms with Crippen molar-refractivity contribution < 1.29 is 14.3 Å². The van der Waals surface area contributed by atoms with Crippen molar-refractivity contribution in [1.29, 1.82) is 0 Å². The summed E-state index contributed by atoms with van der Waals surface area (Å²) < 4.78 is 9.50. The molecule has 19 heavy (non-hydrogen) atoms. The van der Waals surface area contributed by atoms with Crippen molar-refractivity contribution in [2.75, 3.05) is 19.1 Å². The number of rotatable bonds is 1. The van der Waals surface area contributed by atoms with Crippen molar-refractivity contribution in [1.82, 2.24) is 0 Å². The van der Waals surface area contributed by atoms with E-state index in [1.54, 1.807) is 0 Å². The van der Waals surface area contributed by atoms with Crippen LogP contribution >= 0.6 is 11.6 Å². The zero-order valence-electron chi connectivity index (χ0n) is 10.3. The van der Waals surface area contributed by atoms with Crippen LogP contribution in [0.5, 0.6) is 0 Å². The molecule has 0 aromatic heterocycles. The summed E-state index contributed by atoms with van der Waals surface area (Å²) in [7, 11) is 0. The number of cyclic esters (lactones) is 1. The first-order valence-electron chi connectivity index (χ1n) is 5.93. The van der Waals surface area contributed by atoms with Crippen LogP contribution in [-0.4, -0.2) is 31.2 Å². The Labute approximate surface area is 125 Å². The van der Waals surface area contributed by atoms with E-state index in [4.69, 9.17) is 21.1 Å². The van der Waals surface area contributed by atoms with Crippen molar-refractivity contribution in [2.24, 2.45) is 11.3 Å². The minimum Gasteiger partial charge on any atom is -0.465 e. The van der Waals surface area contributed by atoms with Crippen molar-refractivity contribution in [2.45, 2.75) is 62.0 Å². The first kappa shape index (κ1) is 23.8. The summed E-state index contributed by atoms with van der Waals surface area (Å²) in [6, 6.07) is 0. The number of hydrogen-bond donors (Lipinski definition) is 0. The summed E-state index contributed by atoms with van der Waals surface area (Å²) in [5, 5.41) is 0. The van der Waals surface area contributed by atoms with Crippen LogP contribution < -0.4 is 0 Å². The number of carbonyl (C=O) groups is 1. The van der Waals surface area contributed by atoms with Gasteiger partial charge in [-0.15, -0.1) is 11.6 Å². The van der Waals surface area contributed by atoms with E-state index in [2.05, 4.69) is 13.8 Å². The Morgan fingerprint density at radius 3 is 1.79 bits per heavy atom. The molecule has 0 aromatic carbocycles. The molecule has 0 amide bonds. The summed E-state index contributed by atoms with van der Waals surface area (Å²) in [5.41, 5.74) is -0.0417. The van der Waals surface area contributed by atoms with Gasteiger partial charge in [-0.25, -0.2) is 0 Å². The lowest BCUT2D eigenvalue weighted by atomic mass is 10.1. The summed E-state index contributed by atoms with van der Waals surface area (Å²) in [6.45, 7) is 7.78. The van der Waals surface area contributed by atoms with Crippen LogP contribution in [0.2, 0.25) is 0 Å². The molecule has 3 atom stereocenters. The van der Waals surface area contributed by atoms with Gasteiger partial charge in [0, 0.05) is 5.92 Å². The number of esters is 1. The lowest BCUT2D eigenvalue weighted by Crippen LogP contribution is -2.08. The van der Waals surface area contributed by atoms with Crippen molar-refractivity contribution in [3.63, 3.8) is 0 Å². The summed E-state index contributed by atoms with van der Waals surface area (Å²) in [6.07, 6.45) is 2.71. The Morgan fingerprint density at radius 2 is 1.74 bits per heavy atom. The summed E-state index contributed by atoms with van der Waals surface area (Å²) in [5.74, 6) is 1.25. The average molecular weight is 297 g/mol. The third-order valence-electron chi connectivity index (χ3n) is 2.87. The van der Waals surface area contributed by atoms with E-state index in [1.807, 2.05) is 6.92 Å². The molecule has 4 heteroatoms. The molecular weight excluding hydrogens is 264 g/mol. The third kappa shape index (κ3) is 7.17. The largest absolute Gasteiger partial charge is 0.465 e. The van der Waals surface area contributed by atoms with Gasteiger partial charge in [-0.1, -0.05) is 42.5 Å². The van der Waals surface area contributed by atoms with Gasteiger partial charge in [-0.05, 0) is 13.3 Å². The maximum absolute atomic E-state index is 10.7. The van der Waals surface area contributed by atoms with E-state index in [0.717, 1.165) is 13.0 Å². The quantitative estimate of drug-likeness (QED) is 0.406. The molecule has 0 radical (unpaired) electrons. The molecule has 2 saturated heterocycles. The number of hydrogen-bond acceptors (Lipinski definition) is 3. The fourth-order valence-electron chi connectivity index (χ4n) is 1.44. The average Bonchev–Trinajstić information content (AvgIpc) is 3.12. The molecular formula is C15H33ClO3. The van der Waals surface area contributed by atoms with E-state index in [-0.39, 0.29) is 33.7 Å². The molecule has 1 saturated carbocycles. The van der Waals surface area contributed by atoms with Crippen molar-refractivity contribution >= 4 is 17.6 Å². The number of epoxide rings is 1. The van der Waals surface area contributed by atoms with Crippen LogP contribution in [0.4, 0.5) is 0 Å². The monoisotopic (exact) mass is 296 g/mol. The second-order valence-electron chi connectivity index (χ2n) is 4.73. The molecule has 0 N–H and O–H groups in total. The molecule has 1 aliphatic carbocycles. The van der Waals surface area contributed by atoms with Crippen molar-refractivity contribution in [3.8, 4) is 0 Å². The van der Waals surface area contributed by atoms with Crippen LogP contribution in [-0.2, 0) is 14.3 Å². The molecule has 0 bridgehead atoms. The SMILES string of the molecule is C.C.C.CCC.C[C@@]12C[C@@H]1COC2=O.ClCC1CO1. The lowest BCUT2D eigenvalue weighted by molar-refractivity contribution is -0.144. The van der Waals surface area contributed by atoms with Gasteiger partial charge in [0.2, 0.25) is 0 Å². The Balaban J connectivity index is -0.000000208. The topological polar surface area (TPSA) is 38.8 Å². The maximum atomic E-state index is 10.7. The van der Waals surface area contributed by atoms with Gasteiger partial charge in [-0.2, -0.15) is 0 Å². The molecule has 0 spiro atoms.